The number of nitrogens with one attached hydrogen (secondary N) is 3. The van der Waals surface area contributed by atoms with E-state index in [-0.39, 0.29) is 42.9 Å². The third kappa shape index (κ3) is 10.8. The molecule has 0 aliphatic carbocycles. The number of amides is 2. The van der Waals surface area contributed by atoms with E-state index in [2.05, 4.69) is 25.6 Å². The quantitative estimate of drug-likeness (QED) is 0.139. The second kappa shape index (κ2) is 15.1. The summed E-state index contributed by atoms with van der Waals surface area (Å²) >= 11 is 0. The number of hydrogen-bond donors (Lipinski definition) is 3. The molecule has 35 heavy (non-hydrogen) atoms. The summed E-state index contributed by atoms with van der Waals surface area (Å²) in [7, 11) is 0. The van der Waals surface area contributed by atoms with Crippen molar-refractivity contribution in [1.82, 2.24) is 25.6 Å². The van der Waals surface area contributed by atoms with Crippen molar-refractivity contribution in [3.05, 3.63) is 58.4 Å². The number of nitrogens with zero attached hydrogens (tertiary/aromatic N) is 3. The molecule has 2 amide bonds. The summed E-state index contributed by atoms with van der Waals surface area (Å²) in [5.41, 5.74) is 1.03. The molecule has 0 fully saturated rings. The molecule has 3 N–H and O–H groups in total. The lowest BCUT2D eigenvalue weighted by Gasteiger charge is -2.22. The van der Waals surface area contributed by atoms with Gasteiger partial charge in [-0.25, -0.2) is 9.78 Å². The van der Waals surface area contributed by atoms with Crippen molar-refractivity contribution in [3.8, 4) is 0 Å². The van der Waals surface area contributed by atoms with Crippen LogP contribution in [-0.4, -0.2) is 62.9 Å². The normalized spacial score (nSPS) is 12.4. The summed E-state index contributed by atoms with van der Waals surface area (Å²) in [6.07, 6.45) is 8.64. The van der Waals surface area contributed by atoms with E-state index in [0.717, 1.165) is 6.42 Å². The van der Waals surface area contributed by atoms with Crippen LogP contribution in [0.5, 0.6) is 0 Å². The molecule has 0 radical (unpaired) electrons. The molecular formula is C23H32N6O6. The molecule has 1 unspecified atom stereocenters. The lowest BCUT2D eigenvalue weighted by molar-refractivity contribution is -0.480. The van der Waals surface area contributed by atoms with Crippen molar-refractivity contribution in [2.75, 3.05) is 13.1 Å². The first-order valence-corrected chi connectivity index (χ1v) is 11.7. The van der Waals surface area contributed by atoms with E-state index in [9.17, 15) is 24.5 Å². The number of rotatable bonds is 16. The number of carbonyl (C=O) groups is 3. The van der Waals surface area contributed by atoms with E-state index in [1.807, 2.05) is 6.92 Å². The SMILES string of the molecule is CCCC(CCCC[N+](=O)[O-])OC(=O)[C@H](Cc1cnc[nH]1)NC(=O)CCNC(=O)c1cccnc1. The first-order chi connectivity index (χ1) is 16.9. The zero-order valence-electron chi connectivity index (χ0n) is 19.8. The van der Waals surface area contributed by atoms with Gasteiger partial charge in [-0.15, -0.1) is 0 Å². The Hall–Kier alpha value is -3.83. The minimum absolute atomic E-state index is 0.0297. The number of ether oxygens (including phenoxy) is 1. The fourth-order valence-corrected chi connectivity index (χ4v) is 3.41. The number of nitro groups is 1. The van der Waals surface area contributed by atoms with Gasteiger partial charge in [0, 0.05) is 55.0 Å². The third-order valence-corrected chi connectivity index (χ3v) is 5.17. The highest BCUT2D eigenvalue weighted by Gasteiger charge is 2.26. The molecule has 0 aliphatic heterocycles. The van der Waals surface area contributed by atoms with Gasteiger partial charge in [-0.3, -0.25) is 24.7 Å². The zero-order chi connectivity index (χ0) is 25.5. The van der Waals surface area contributed by atoms with Gasteiger partial charge < -0.3 is 20.4 Å². The maximum absolute atomic E-state index is 12.9. The van der Waals surface area contributed by atoms with Crippen LogP contribution in [0.1, 0.15) is 61.5 Å². The maximum atomic E-state index is 12.9. The summed E-state index contributed by atoms with van der Waals surface area (Å²) in [5, 5.41) is 15.8. The lowest BCUT2D eigenvalue weighted by atomic mass is 10.1. The molecule has 0 spiro atoms. The molecule has 2 atom stereocenters. The van der Waals surface area contributed by atoms with E-state index in [1.54, 1.807) is 24.5 Å². The lowest BCUT2D eigenvalue weighted by Crippen LogP contribution is -2.45. The van der Waals surface area contributed by atoms with Gasteiger partial charge in [0.1, 0.15) is 12.1 Å². The van der Waals surface area contributed by atoms with Gasteiger partial charge >= 0.3 is 5.97 Å². The standard InChI is InChI=1S/C23H32N6O6/c1-2-6-19(8-3-4-12-29(33)34)35-23(32)20(13-18-15-25-16-27-18)28-21(30)9-11-26-22(31)17-7-5-10-24-14-17/h5,7,10,14-16,19-20H,2-4,6,8-9,11-13H2,1H3,(H,25,27)(H,26,31)(H,28,30)/t19?,20-/m0/s1. The summed E-state index contributed by atoms with van der Waals surface area (Å²) in [6.45, 7) is 1.92. The Morgan fingerprint density at radius 1 is 1.20 bits per heavy atom. The molecule has 12 heteroatoms. The van der Waals surface area contributed by atoms with E-state index < -0.39 is 17.9 Å². The molecule has 0 bridgehead atoms. The molecule has 190 valence electrons. The van der Waals surface area contributed by atoms with Crippen molar-refractivity contribution in [2.24, 2.45) is 0 Å². The Balaban J connectivity index is 1.90. The molecule has 0 aromatic carbocycles. The second-order valence-corrected chi connectivity index (χ2v) is 8.05. The van der Waals surface area contributed by atoms with Crippen LogP contribution in [0.25, 0.3) is 0 Å². The molecular weight excluding hydrogens is 456 g/mol. The fraction of sp³-hybridized carbons (Fsp3) is 0.522. The summed E-state index contributed by atoms with van der Waals surface area (Å²) in [5.74, 6) is -1.35. The Morgan fingerprint density at radius 3 is 2.69 bits per heavy atom. The predicted octanol–water partition coefficient (Wildman–Crippen LogP) is 1.81. The van der Waals surface area contributed by atoms with Gasteiger partial charge in [0.15, 0.2) is 0 Å². The molecule has 0 aliphatic rings. The molecule has 0 saturated heterocycles. The highest BCUT2D eigenvalue weighted by molar-refractivity contribution is 5.94. The molecule has 0 saturated carbocycles. The number of pyridine rings is 1. The maximum Gasteiger partial charge on any atom is 0.329 e. The molecule has 2 aromatic heterocycles. The number of hydrogen-bond acceptors (Lipinski definition) is 8. The van der Waals surface area contributed by atoms with Crippen molar-refractivity contribution in [3.63, 3.8) is 0 Å². The van der Waals surface area contributed by atoms with Gasteiger partial charge in [-0.1, -0.05) is 13.3 Å². The summed E-state index contributed by atoms with van der Waals surface area (Å²) < 4.78 is 5.68. The number of aromatic nitrogens is 3. The number of imidazole rings is 1. The van der Waals surface area contributed by atoms with Gasteiger partial charge in [-0.05, 0) is 31.4 Å². The smallest absolute Gasteiger partial charge is 0.329 e. The van der Waals surface area contributed by atoms with Gasteiger partial charge in [0.05, 0.1) is 11.9 Å². The van der Waals surface area contributed by atoms with Crippen molar-refractivity contribution >= 4 is 17.8 Å². The number of carbonyl (C=O) groups excluding carboxylic acids is 3. The molecule has 2 heterocycles. The van der Waals surface area contributed by atoms with E-state index >= 15 is 0 Å². The number of H-pyrrole nitrogens is 1. The predicted molar refractivity (Wildman–Crippen MR) is 126 cm³/mol. The number of aromatic amines is 1. The Morgan fingerprint density at radius 2 is 2.03 bits per heavy atom. The first-order valence-electron chi connectivity index (χ1n) is 11.7. The van der Waals surface area contributed by atoms with Crippen LogP contribution in [0.3, 0.4) is 0 Å². The van der Waals surface area contributed by atoms with Crippen LogP contribution in [0.4, 0.5) is 0 Å². The van der Waals surface area contributed by atoms with Crippen LogP contribution in [-0.2, 0) is 20.7 Å². The van der Waals surface area contributed by atoms with Gasteiger partial charge in [0.25, 0.3) is 5.91 Å². The Labute approximate surface area is 203 Å². The van der Waals surface area contributed by atoms with Crippen molar-refractivity contribution in [2.45, 2.75) is 64.0 Å². The van der Waals surface area contributed by atoms with E-state index in [1.165, 1.54) is 12.5 Å². The monoisotopic (exact) mass is 488 g/mol. The number of esters is 1. The second-order valence-electron chi connectivity index (χ2n) is 8.05. The van der Waals surface area contributed by atoms with Crippen LogP contribution in [0.2, 0.25) is 0 Å². The van der Waals surface area contributed by atoms with Crippen LogP contribution >= 0.6 is 0 Å². The van der Waals surface area contributed by atoms with Crippen LogP contribution in [0, 0.1) is 10.1 Å². The van der Waals surface area contributed by atoms with Crippen molar-refractivity contribution in [1.29, 1.82) is 0 Å². The minimum Gasteiger partial charge on any atom is -0.461 e. The Bertz CT molecular complexity index is 937. The summed E-state index contributed by atoms with van der Waals surface area (Å²) in [4.78, 5) is 58.4. The highest BCUT2D eigenvalue weighted by atomic mass is 16.6. The average molecular weight is 489 g/mol. The average Bonchev–Trinajstić information content (AvgIpc) is 3.35. The zero-order valence-corrected chi connectivity index (χ0v) is 19.8. The largest absolute Gasteiger partial charge is 0.461 e. The molecule has 2 aromatic rings. The first kappa shape index (κ1) is 27.4. The molecule has 12 nitrogen and oxygen atoms in total. The van der Waals surface area contributed by atoms with Crippen LogP contribution < -0.4 is 10.6 Å². The fourth-order valence-electron chi connectivity index (χ4n) is 3.41. The van der Waals surface area contributed by atoms with E-state index in [4.69, 9.17) is 4.74 Å². The minimum atomic E-state index is -0.949. The van der Waals surface area contributed by atoms with Crippen LogP contribution in [0.15, 0.2) is 37.1 Å². The van der Waals surface area contributed by atoms with Gasteiger partial charge in [0.2, 0.25) is 12.5 Å². The third-order valence-electron chi connectivity index (χ3n) is 5.17. The molecule has 2 rings (SSSR count). The summed E-state index contributed by atoms with van der Waals surface area (Å²) in [6, 6.07) is 2.31. The highest BCUT2D eigenvalue weighted by Crippen LogP contribution is 2.13. The topological polar surface area (TPSA) is 169 Å². The van der Waals surface area contributed by atoms with Gasteiger partial charge in [-0.2, -0.15) is 0 Å². The number of unbranched alkanes of at least 4 members (excludes halogenated alkanes) is 1. The van der Waals surface area contributed by atoms with Crippen molar-refractivity contribution < 1.29 is 24.0 Å². The Kier molecular flexibility index (Phi) is 11.9. The van der Waals surface area contributed by atoms with E-state index in [0.29, 0.717) is 36.9 Å².